The minimum absolute atomic E-state index is 0.113. The van der Waals surface area contributed by atoms with Gasteiger partial charge in [0.05, 0.1) is 12.4 Å². The van der Waals surface area contributed by atoms with Crippen molar-refractivity contribution in [3.05, 3.63) is 47.8 Å². The number of nitrogens with zero attached hydrogens (tertiary/aromatic N) is 4. The minimum Gasteiger partial charge on any atom is -0.383 e. The van der Waals surface area contributed by atoms with Crippen LogP contribution in [0, 0.1) is 0 Å². The van der Waals surface area contributed by atoms with Crippen LogP contribution in [0.25, 0.3) is 11.2 Å². The molecule has 0 saturated carbocycles. The number of nitrogen functional groups attached to an aromatic ring is 1. The molecule has 108 valence electrons. The number of hydrogen-bond acceptors (Lipinski definition) is 4. The summed E-state index contributed by atoms with van der Waals surface area (Å²) in [4.78, 5) is 16.3. The summed E-state index contributed by atoms with van der Waals surface area (Å²) in [5, 5.41) is 0. The van der Waals surface area contributed by atoms with Crippen LogP contribution in [0.15, 0.2) is 41.7 Å². The third-order valence-corrected chi connectivity index (χ3v) is 3.45. The molecule has 0 bridgehead atoms. The van der Waals surface area contributed by atoms with E-state index in [1.165, 1.54) is 5.56 Å². The number of nitrogens with two attached hydrogens (primary N) is 1. The number of benzene rings is 1. The van der Waals surface area contributed by atoms with Crippen LogP contribution in [0.5, 0.6) is 0 Å². The van der Waals surface area contributed by atoms with E-state index in [4.69, 9.17) is 5.73 Å². The molecular weight excluding hydrogens is 264 g/mol. The van der Waals surface area contributed by atoms with Gasteiger partial charge in [-0.1, -0.05) is 30.3 Å². The summed E-state index contributed by atoms with van der Waals surface area (Å²) >= 11 is 0. The molecule has 3 aromatic rings. The Bertz CT molecular complexity index is 815. The monoisotopic (exact) mass is 282 g/mol. The molecule has 2 heterocycles. The zero-order chi connectivity index (χ0) is 14.8. The summed E-state index contributed by atoms with van der Waals surface area (Å²) < 4.78 is 1.78. The molecule has 0 saturated heterocycles. The summed E-state index contributed by atoms with van der Waals surface area (Å²) in [5.74, 6) is 0.586. The van der Waals surface area contributed by atoms with Crippen molar-refractivity contribution in [2.75, 3.05) is 5.73 Å². The fourth-order valence-corrected chi connectivity index (χ4v) is 2.32. The molecule has 6 heteroatoms. The summed E-state index contributed by atoms with van der Waals surface area (Å²) in [6.45, 7) is 2.07. The van der Waals surface area contributed by atoms with Crippen LogP contribution in [0.4, 0.5) is 5.82 Å². The topological polar surface area (TPSA) is 84.9 Å². The SMILES string of the molecule is C[C@@H](Cc1ccccc1)N=c1nc2nc[nH]c2c(N)n1C. The van der Waals surface area contributed by atoms with E-state index in [-0.39, 0.29) is 6.04 Å². The molecule has 0 amide bonds. The molecule has 21 heavy (non-hydrogen) atoms. The third kappa shape index (κ3) is 2.65. The van der Waals surface area contributed by atoms with E-state index in [0.717, 1.165) is 11.9 Å². The maximum absolute atomic E-state index is 6.08. The van der Waals surface area contributed by atoms with Crippen molar-refractivity contribution >= 4 is 17.0 Å². The number of anilines is 1. The van der Waals surface area contributed by atoms with Crippen molar-refractivity contribution in [2.45, 2.75) is 19.4 Å². The fraction of sp³-hybridized carbons (Fsp3) is 0.267. The van der Waals surface area contributed by atoms with E-state index >= 15 is 0 Å². The van der Waals surface area contributed by atoms with Crippen molar-refractivity contribution in [1.82, 2.24) is 19.5 Å². The van der Waals surface area contributed by atoms with E-state index in [1.54, 1.807) is 10.9 Å². The number of fused-ring (bicyclic) bond motifs is 1. The van der Waals surface area contributed by atoms with E-state index in [1.807, 2.05) is 25.2 Å². The van der Waals surface area contributed by atoms with Gasteiger partial charge in [-0.25, -0.2) is 9.98 Å². The lowest BCUT2D eigenvalue weighted by Gasteiger charge is -2.09. The first-order valence-electron chi connectivity index (χ1n) is 6.88. The average Bonchev–Trinajstić information content (AvgIpc) is 2.94. The van der Waals surface area contributed by atoms with Gasteiger partial charge in [-0.3, -0.25) is 4.57 Å². The van der Waals surface area contributed by atoms with E-state index in [0.29, 0.717) is 17.1 Å². The minimum atomic E-state index is 0.113. The number of aromatic nitrogens is 4. The Kier molecular flexibility index (Phi) is 3.43. The molecule has 0 aliphatic heterocycles. The van der Waals surface area contributed by atoms with Crippen LogP contribution in [-0.2, 0) is 13.5 Å². The molecule has 1 aromatic carbocycles. The first kappa shape index (κ1) is 13.4. The molecule has 1 atom stereocenters. The summed E-state index contributed by atoms with van der Waals surface area (Å²) in [5.41, 5.74) is 9.27. The predicted molar refractivity (Wildman–Crippen MR) is 82.4 cm³/mol. The molecule has 0 radical (unpaired) electrons. The van der Waals surface area contributed by atoms with Crippen LogP contribution in [0.3, 0.4) is 0 Å². The van der Waals surface area contributed by atoms with Gasteiger partial charge in [0.1, 0.15) is 11.3 Å². The van der Waals surface area contributed by atoms with Crippen LogP contribution < -0.4 is 11.4 Å². The Morgan fingerprint density at radius 3 is 2.86 bits per heavy atom. The van der Waals surface area contributed by atoms with Gasteiger partial charge in [-0.15, -0.1) is 0 Å². The molecule has 0 aliphatic carbocycles. The standard InChI is InChI=1S/C15H18N6/c1-10(8-11-6-4-3-5-7-11)19-15-20-14-12(17-9-18-14)13(16)21(15)2/h3-7,9-10H,8,16H2,1-2H3,(H,17,18,19,20)/t10-/m0/s1. The summed E-state index contributed by atoms with van der Waals surface area (Å²) in [7, 11) is 1.86. The maximum Gasteiger partial charge on any atom is 0.228 e. The van der Waals surface area contributed by atoms with E-state index in [9.17, 15) is 0 Å². The highest BCUT2D eigenvalue weighted by Crippen LogP contribution is 2.11. The zero-order valence-electron chi connectivity index (χ0n) is 12.1. The molecule has 6 nitrogen and oxygen atoms in total. The number of rotatable bonds is 3. The molecule has 0 spiro atoms. The van der Waals surface area contributed by atoms with E-state index < -0.39 is 0 Å². The normalized spacial score (nSPS) is 13.7. The Hall–Kier alpha value is -2.63. The number of imidazole rings is 1. The number of H-pyrrole nitrogens is 1. The second-order valence-electron chi connectivity index (χ2n) is 5.13. The lowest BCUT2D eigenvalue weighted by atomic mass is 10.1. The van der Waals surface area contributed by atoms with Gasteiger partial charge in [0.2, 0.25) is 5.62 Å². The fourth-order valence-electron chi connectivity index (χ4n) is 2.32. The van der Waals surface area contributed by atoms with Gasteiger partial charge < -0.3 is 10.7 Å². The first-order valence-corrected chi connectivity index (χ1v) is 6.88. The van der Waals surface area contributed by atoms with Crippen molar-refractivity contribution in [2.24, 2.45) is 12.0 Å². The number of nitrogens with one attached hydrogen (secondary N) is 1. The van der Waals surface area contributed by atoms with Gasteiger partial charge in [-0.2, -0.15) is 4.98 Å². The Balaban J connectivity index is 1.97. The van der Waals surface area contributed by atoms with Crippen molar-refractivity contribution in [1.29, 1.82) is 0 Å². The Labute approximate surface area is 122 Å². The van der Waals surface area contributed by atoms with Crippen LogP contribution in [0.2, 0.25) is 0 Å². The van der Waals surface area contributed by atoms with Gasteiger partial charge >= 0.3 is 0 Å². The van der Waals surface area contributed by atoms with Crippen molar-refractivity contribution in [3.63, 3.8) is 0 Å². The van der Waals surface area contributed by atoms with Gasteiger partial charge in [-0.05, 0) is 18.9 Å². The number of hydrogen-bond donors (Lipinski definition) is 2. The summed E-state index contributed by atoms with van der Waals surface area (Å²) in [6, 6.07) is 10.4. The van der Waals surface area contributed by atoms with Crippen LogP contribution in [-0.4, -0.2) is 25.6 Å². The van der Waals surface area contributed by atoms with Crippen molar-refractivity contribution < 1.29 is 0 Å². The second-order valence-corrected chi connectivity index (χ2v) is 5.13. The van der Waals surface area contributed by atoms with Crippen LogP contribution >= 0.6 is 0 Å². The van der Waals surface area contributed by atoms with E-state index in [2.05, 4.69) is 39.0 Å². The number of aromatic amines is 1. The van der Waals surface area contributed by atoms with Crippen LogP contribution in [0.1, 0.15) is 12.5 Å². The largest absolute Gasteiger partial charge is 0.383 e. The van der Waals surface area contributed by atoms with Gasteiger partial charge in [0.15, 0.2) is 5.65 Å². The Morgan fingerprint density at radius 1 is 1.33 bits per heavy atom. The highest BCUT2D eigenvalue weighted by molar-refractivity contribution is 5.80. The highest BCUT2D eigenvalue weighted by Gasteiger charge is 2.08. The van der Waals surface area contributed by atoms with Crippen molar-refractivity contribution in [3.8, 4) is 0 Å². The molecule has 3 N–H and O–H groups in total. The summed E-state index contributed by atoms with van der Waals surface area (Å²) in [6.07, 6.45) is 2.45. The molecule has 3 rings (SSSR count). The molecular formula is C15H18N6. The molecule has 0 unspecified atom stereocenters. The maximum atomic E-state index is 6.08. The Morgan fingerprint density at radius 2 is 2.10 bits per heavy atom. The lowest BCUT2D eigenvalue weighted by Crippen LogP contribution is -2.27. The third-order valence-electron chi connectivity index (χ3n) is 3.45. The average molecular weight is 282 g/mol. The zero-order valence-corrected chi connectivity index (χ0v) is 12.1. The second kappa shape index (κ2) is 5.40. The predicted octanol–water partition coefficient (Wildman–Crippen LogP) is 1.41. The smallest absolute Gasteiger partial charge is 0.228 e. The van der Waals surface area contributed by atoms with Gasteiger partial charge in [0.25, 0.3) is 0 Å². The molecule has 0 fully saturated rings. The first-order chi connectivity index (χ1) is 10.1. The molecule has 0 aliphatic rings. The molecule has 2 aromatic heterocycles. The van der Waals surface area contributed by atoms with Gasteiger partial charge in [0, 0.05) is 7.05 Å². The quantitative estimate of drug-likeness (QED) is 0.761. The highest BCUT2D eigenvalue weighted by atomic mass is 15.2. The lowest BCUT2D eigenvalue weighted by molar-refractivity contribution is 0.670.